The number of amides is 1. The first-order valence-corrected chi connectivity index (χ1v) is 12.1. The molecule has 0 atom stereocenters. The van der Waals surface area contributed by atoms with Gasteiger partial charge in [0.15, 0.2) is 26.5 Å². The number of rotatable bonds is 8. The van der Waals surface area contributed by atoms with Crippen LogP contribution in [-0.2, 0) is 9.84 Å². The van der Waals surface area contributed by atoms with Crippen LogP contribution < -0.4 is 14.4 Å². The average molecular weight is 464 g/mol. The number of hydrogen-bond donors (Lipinski definition) is 0. The van der Waals surface area contributed by atoms with Gasteiger partial charge >= 0.3 is 0 Å². The molecule has 3 rings (SSSR count). The molecule has 1 amide bonds. The molecule has 1 aromatic heterocycles. The van der Waals surface area contributed by atoms with Gasteiger partial charge in [0.05, 0.1) is 29.3 Å². The van der Waals surface area contributed by atoms with Gasteiger partial charge in [0.1, 0.15) is 0 Å². The van der Waals surface area contributed by atoms with Crippen molar-refractivity contribution in [3.05, 3.63) is 42.0 Å². The maximum atomic E-state index is 13.4. The van der Waals surface area contributed by atoms with E-state index >= 15 is 0 Å². The van der Waals surface area contributed by atoms with Gasteiger partial charge in [0.25, 0.3) is 5.91 Å². The van der Waals surface area contributed by atoms with E-state index in [2.05, 4.69) is 4.98 Å². The zero-order valence-corrected chi connectivity index (χ0v) is 19.7. The molecule has 0 bridgehead atoms. The monoisotopic (exact) mass is 463 g/mol. The molecule has 1 heterocycles. The summed E-state index contributed by atoms with van der Waals surface area (Å²) in [7, 11) is 3.57. The standard InChI is InChI=1S/C21H25N3O5S2/c1-23(2)10-11-24(20(25)14-6-9-17(28-3)18(12-14)29-4)21-22-16-8-7-15(31(5,26)27)13-19(16)30-21/h6-9,12-13H,10-11H2,1-5H3. The number of sulfone groups is 1. The van der Waals surface area contributed by atoms with E-state index in [1.54, 1.807) is 35.2 Å². The largest absolute Gasteiger partial charge is 0.493 e. The first-order chi connectivity index (χ1) is 14.6. The summed E-state index contributed by atoms with van der Waals surface area (Å²) in [6, 6.07) is 9.79. The van der Waals surface area contributed by atoms with E-state index in [1.165, 1.54) is 37.9 Å². The Labute approximate surface area is 185 Å². The molecule has 3 aromatic rings. The summed E-state index contributed by atoms with van der Waals surface area (Å²) < 4.78 is 35.1. The fourth-order valence-corrected chi connectivity index (χ4v) is 4.70. The zero-order chi connectivity index (χ0) is 22.8. The summed E-state index contributed by atoms with van der Waals surface area (Å²) in [5, 5.41) is 0.502. The average Bonchev–Trinajstić information content (AvgIpc) is 3.15. The lowest BCUT2D eigenvalue weighted by atomic mass is 10.1. The third-order valence-corrected chi connectivity index (χ3v) is 6.81. The van der Waals surface area contributed by atoms with Crippen LogP contribution in [0.5, 0.6) is 11.5 Å². The van der Waals surface area contributed by atoms with Crippen molar-refractivity contribution in [2.24, 2.45) is 0 Å². The van der Waals surface area contributed by atoms with Gasteiger partial charge in [-0.1, -0.05) is 11.3 Å². The van der Waals surface area contributed by atoms with Crippen molar-refractivity contribution < 1.29 is 22.7 Å². The molecule has 0 aliphatic heterocycles. The Hall–Kier alpha value is -2.69. The van der Waals surface area contributed by atoms with Crippen LogP contribution in [0.4, 0.5) is 5.13 Å². The highest BCUT2D eigenvalue weighted by Crippen LogP contribution is 2.33. The molecule has 166 valence electrons. The number of hydrogen-bond acceptors (Lipinski definition) is 8. The number of benzene rings is 2. The zero-order valence-electron chi connectivity index (χ0n) is 18.1. The van der Waals surface area contributed by atoms with Crippen LogP contribution in [0, 0.1) is 0 Å². The highest BCUT2D eigenvalue weighted by Gasteiger charge is 2.23. The minimum Gasteiger partial charge on any atom is -0.493 e. The number of nitrogens with zero attached hydrogens (tertiary/aromatic N) is 3. The second-order valence-electron chi connectivity index (χ2n) is 7.23. The van der Waals surface area contributed by atoms with Crippen molar-refractivity contribution in [1.29, 1.82) is 0 Å². The number of aromatic nitrogens is 1. The Balaban J connectivity index is 2.03. The molecule has 0 N–H and O–H groups in total. The first kappa shape index (κ1) is 23.0. The first-order valence-electron chi connectivity index (χ1n) is 9.43. The summed E-state index contributed by atoms with van der Waals surface area (Å²) in [4.78, 5) is 21.8. The second kappa shape index (κ2) is 9.21. The number of carbonyl (C=O) groups excluding carboxylic acids is 1. The second-order valence-corrected chi connectivity index (χ2v) is 10.3. The van der Waals surface area contributed by atoms with Gasteiger partial charge in [-0.05, 0) is 50.5 Å². The summed E-state index contributed by atoms with van der Waals surface area (Å²) >= 11 is 1.28. The van der Waals surface area contributed by atoms with Gasteiger partial charge in [0, 0.05) is 24.9 Å². The van der Waals surface area contributed by atoms with Crippen molar-refractivity contribution >= 4 is 42.4 Å². The van der Waals surface area contributed by atoms with Crippen molar-refractivity contribution in [3.8, 4) is 11.5 Å². The van der Waals surface area contributed by atoms with Gasteiger partial charge in [-0.3, -0.25) is 9.69 Å². The lowest BCUT2D eigenvalue weighted by Gasteiger charge is -2.22. The van der Waals surface area contributed by atoms with E-state index in [-0.39, 0.29) is 10.8 Å². The summed E-state index contributed by atoms with van der Waals surface area (Å²) in [6.07, 6.45) is 1.17. The van der Waals surface area contributed by atoms with Gasteiger partial charge in [-0.2, -0.15) is 0 Å². The fourth-order valence-electron chi connectivity index (χ4n) is 2.95. The van der Waals surface area contributed by atoms with Crippen LogP contribution in [0.3, 0.4) is 0 Å². The van der Waals surface area contributed by atoms with Gasteiger partial charge in [-0.25, -0.2) is 13.4 Å². The van der Waals surface area contributed by atoms with E-state index in [1.807, 2.05) is 19.0 Å². The van der Waals surface area contributed by atoms with Gasteiger partial charge in [-0.15, -0.1) is 0 Å². The molecule has 2 aromatic carbocycles. The number of anilines is 1. The van der Waals surface area contributed by atoms with Crippen LogP contribution in [0.2, 0.25) is 0 Å². The lowest BCUT2D eigenvalue weighted by Crippen LogP contribution is -2.36. The van der Waals surface area contributed by atoms with Crippen LogP contribution in [0.1, 0.15) is 10.4 Å². The molecule has 0 fully saturated rings. The highest BCUT2D eigenvalue weighted by atomic mass is 32.2. The Morgan fingerprint density at radius 2 is 1.74 bits per heavy atom. The SMILES string of the molecule is COc1ccc(C(=O)N(CCN(C)C)c2nc3ccc(S(C)(=O)=O)cc3s2)cc1OC. The fraction of sp³-hybridized carbons (Fsp3) is 0.333. The molecular weight excluding hydrogens is 438 g/mol. The van der Waals surface area contributed by atoms with Crippen LogP contribution in [0.15, 0.2) is 41.3 Å². The van der Waals surface area contributed by atoms with E-state index in [0.717, 1.165) is 0 Å². The normalized spacial score (nSPS) is 11.7. The third kappa shape index (κ3) is 5.15. The van der Waals surface area contributed by atoms with Crippen LogP contribution >= 0.6 is 11.3 Å². The van der Waals surface area contributed by atoms with Crippen molar-refractivity contribution in [2.45, 2.75) is 4.90 Å². The molecule has 0 saturated carbocycles. The van der Waals surface area contributed by atoms with Crippen molar-refractivity contribution in [2.75, 3.05) is 52.6 Å². The molecule has 0 saturated heterocycles. The molecule has 0 aliphatic rings. The molecule has 8 nitrogen and oxygen atoms in total. The predicted molar refractivity (Wildman–Crippen MR) is 123 cm³/mol. The van der Waals surface area contributed by atoms with E-state index in [0.29, 0.717) is 45.5 Å². The van der Waals surface area contributed by atoms with Gasteiger partial charge < -0.3 is 14.4 Å². The molecule has 31 heavy (non-hydrogen) atoms. The number of fused-ring (bicyclic) bond motifs is 1. The minimum absolute atomic E-state index is 0.223. The number of likely N-dealkylation sites (N-methyl/N-ethyl adjacent to an activating group) is 1. The third-order valence-electron chi connectivity index (χ3n) is 4.65. The van der Waals surface area contributed by atoms with Crippen molar-refractivity contribution in [1.82, 2.24) is 9.88 Å². The molecule has 0 unspecified atom stereocenters. The topological polar surface area (TPSA) is 89.0 Å². The number of methoxy groups -OCH3 is 2. The molecular formula is C21H25N3O5S2. The smallest absolute Gasteiger partial charge is 0.260 e. The molecule has 0 aliphatic carbocycles. The van der Waals surface area contributed by atoms with E-state index in [9.17, 15) is 13.2 Å². The highest BCUT2D eigenvalue weighted by molar-refractivity contribution is 7.90. The summed E-state index contributed by atoms with van der Waals surface area (Å²) in [6.45, 7) is 1.04. The Morgan fingerprint density at radius 1 is 1.03 bits per heavy atom. The van der Waals surface area contributed by atoms with Crippen LogP contribution in [-0.4, -0.2) is 71.9 Å². The molecule has 0 spiro atoms. The van der Waals surface area contributed by atoms with Gasteiger partial charge in [0.2, 0.25) is 0 Å². The van der Waals surface area contributed by atoms with Crippen LogP contribution in [0.25, 0.3) is 10.2 Å². The van der Waals surface area contributed by atoms with Crippen molar-refractivity contribution in [3.63, 3.8) is 0 Å². The number of ether oxygens (including phenoxy) is 2. The predicted octanol–water partition coefficient (Wildman–Crippen LogP) is 2.93. The molecule has 10 heteroatoms. The Morgan fingerprint density at radius 3 is 2.35 bits per heavy atom. The number of thiazole rings is 1. The number of carbonyl (C=O) groups is 1. The Kier molecular flexibility index (Phi) is 6.83. The van der Waals surface area contributed by atoms with E-state index in [4.69, 9.17) is 9.47 Å². The summed E-state index contributed by atoms with van der Waals surface area (Å²) in [5.74, 6) is 0.764. The Bertz CT molecular complexity index is 1200. The molecule has 0 radical (unpaired) electrons. The van der Waals surface area contributed by atoms with E-state index < -0.39 is 9.84 Å². The lowest BCUT2D eigenvalue weighted by molar-refractivity contribution is 0.0985. The maximum Gasteiger partial charge on any atom is 0.260 e. The minimum atomic E-state index is -3.33. The summed E-state index contributed by atoms with van der Waals surface area (Å²) in [5.41, 5.74) is 1.08. The maximum absolute atomic E-state index is 13.4. The quantitative estimate of drug-likeness (QED) is 0.507.